The molecule has 3 aromatic rings. The maximum atomic E-state index is 12.3. The van der Waals surface area contributed by atoms with Crippen LogP contribution in [0.1, 0.15) is 18.4 Å². The zero-order chi connectivity index (χ0) is 17.7. The summed E-state index contributed by atoms with van der Waals surface area (Å²) >= 11 is 0. The molecule has 1 fully saturated rings. The van der Waals surface area contributed by atoms with E-state index in [1.807, 2.05) is 36.4 Å². The Hall–Kier alpha value is -2.79. The summed E-state index contributed by atoms with van der Waals surface area (Å²) < 4.78 is 16.8. The van der Waals surface area contributed by atoms with E-state index in [0.717, 1.165) is 40.1 Å². The van der Waals surface area contributed by atoms with Gasteiger partial charge in [-0.1, -0.05) is 12.1 Å². The molecular formula is C21H20NO4+. The van der Waals surface area contributed by atoms with Gasteiger partial charge in [0.2, 0.25) is 6.73 Å². The average Bonchev–Trinajstić information content (AvgIpc) is 3.52. The van der Waals surface area contributed by atoms with E-state index in [1.54, 1.807) is 13.2 Å². The molecule has 5 rings (SSSR count). The first-order valence-electron chi connectivity index (χ1n) is 8.94. The molecule has 0 saturated heterocycles. The summed E-state index contributed by atoms with van der Waals surface area (Å²) in [5.74, 6) is 1.62. The van der Waals surface area contributed by atoms with Crippen molar-refractivity contribution >= 4 is 11.0 Å². The quantitative estimate of drug-likeness (QED) is 0.737. The van der Waals surface area contributed by atoms with Crippen LogP contribution in [0.2, 0.25) is 0 Å². The lowest BCUT2D eigenvalue weighted by Crippen LogP contribution is -3.13. The molecule has 2 aliphatic rings. The minimum Gasteiger partial charge on any atom is -0.497 e. The minimum absolute atomic E-state index is 0.338. The lowest BCUT2D eigenvalue weighted by atomic mass is 9.99. The Morgan fingerprint density at radius 2 is 1.92 bits per heavy atom. The van der Waals surface area contributed by atoms with Crippen molar-refractivity contribution in [1.82, 2.24) is 0 Å². The summed E-state index contributed by atoms with van der Waals surface area (Å²) in [6.07, 6.45) is 2.50. The van der Waals surface area contributed by atoms with Crippen molar-refractivity contribution in [2.45, 2.75) is 25.4 Å². The Bertz CT molecular complexity index is 1030. The van der Waals surface area contributed by atoms with Crippen molar-refractivity contribution in [3.8, 4) is 22.6 Å². The Labute approximate surface area is 150 Å². The number of hydrogen-bond acceptors (Lipinski definition) is 4. The van der Waals surface area contributed by atoms with Crippen LogP contribution in [0.25, 0.3) is 22.1 Å². The van der Waals surface area contributed by atoms with Crippen LogP contribution in [0.5, 0.6) is 11.5 Å². The topological polar surface area (TPSA) is 53.1 Å². The van der Waals surface area contributed by atoms with E-state index < -0.39 is 0 Å². The molecule has 0 spiro atoms. The number of hydrogen-bond donors (Lipinski definition) is 1. The maximum absolute atomic E-state index is 12.3. The molecule has 0 bridgehead atoms. The van der Waals surface area contributed by atoms with Crippen LogP contribution < -0.4 is 20.0 Å². The van der Waals surface area contributed by atoms with E-state index in [2.05, 4.69) is 0 Å². The van der Waals surface area contributed by atoms with E-state index in [9.17, 15) is 4.79 Å². The van der Waals surface area contributed by atoms with Crippen molar-refractivity contribution < 1.29 is 18.8 Å². The zero-order valence-corrected chi connectivity index (χ0v) is 14.6. The summed E-state index contributed by atoms with van der Waals surface area (Å²) in [4.78, 5) is 13.7. The number of fused-ring (bicyclic) bond motifs is 3. The third-order valence-corrected chi connectivity index (χ3v) is 5.35. The molecule has 2 aromatic carbocycles. The first kappa shape index (κ1) is 15.5. The molecule has 0 radical (unpaired) electrons. The van der Waals surface area contributed by atoms with Crippen molar-refractivity contribution in [3.05, 3.63) is 58.4 Å². The first-order chi connectivity index (χ1) is 12.7. The van der Waals surface area contributed by atoms with E-state index in [0.29, 0.717) is 18.4 Å². The first-order valence-corrected chi connectivity index (χ1v) is 8.94. The second-order valence-corrected chi connectivity index (χ2v) is 7.02. The standard InChI is InChI=1S/C21H19NO4/c1-24-15-6-2-13(3-7-15)17-10-20(23)26-21-16(17)8-9-19-18(21)11-22(12-25-19)14-4-5-14/h2-3,6-10,14H,4-5,11-12H2,1H3/p+1. The smallest absolute Gasteiger partial charge is 0.336 e. The van der Waals surface area contributed by atoms with Gasteiger partial charge in [-0.2, -0.15) is 0 Å². The molecule has 1 unspecified atom stereocenters. The largest absolute Gasteiger partial charge is 0.497 e. The Kier molecular flexibility index (Phi) is 3.50. The summed E-state index contributed by atoms with van der Waals surface area (Å²) in [5.41, 5.74) is 3.16. The SMILES string of the molecule is COc1ccc(-c2cc(=O)oc3c4c(ccc23)OC[NH+](C2CC2)C4)cc1. The second kappa shape index (κ2) is 5.88. The van der Waals surface area contributed by atoms with Crippen LogP contribution in [0.4, 0.5) is 0 Å². The second-order valence-electron chi connectivity index (χ2n) is 7.02. The van der Waals surface area contributed by atoms with Crippen LogP contribution in [-0.2, 0) is 6.54 Å². The van der Waals surface area contributed by atoms with E-state index in [-0.39, 0.29) is 5.63 Å². The van der Waals surface area contributed by atoms with Gasteiger partial charge in [-0.3, -0.25) is 4.90 Å². The number of quaternary nitrogens is 1. The summed E-state index contributed by atoms with van der Waals surface area (Å²) in [6.45, 7) is 1.53. The highest BCUT2D eigenvalue weighted by molar-refractivity contribution is 5.95. The van der Waals surface area contributed by atoms with E-state index >= 15 is 0 Å². The molecule has 1 saturated carbocycles. The molecule has 1 N–H and O–H groups in total. The normalized spacial score (nSPS) is 19.0. The summed E-state index contributed by atoms with van der Waals surface area (Å²) in [5, 5.41) is 0.939. The molecule has 5 heteroatoms. The molecule has 1 aromatic heterocycles. The van der Waals surface area contributed by atoms with Crippen LogP contribution in [0, 0.1) is 0 Å². The maximum Gasteiger partial charge on any atom is 0.336 e. The zero-order valence-electron chi connectivity index (χ0n) is 14.6. The van der Waals surface area contributed by atoms with Crippen molar-refractivity contribution in [2.75, 3.05) is 13.8 Å². The third kappa shape index (κ3) is 2.56. The predicted octanol–water partition coefficient (Wildman–Crippen LogP) is 2.37. The highest BCUT2D eigenvalue weighted by Gasteiger charge is 2.37. The number of nitrogens with one attached hydrogen (secondary N) is 1. The van der Waals surface area contributed by atoms with Gasteiger partial charge in [-0.15, -0.1) is 0 Å². The van der Waals surface area contributed by atoms with Gasteiger partial charge in [0.1, 0.15) is 18.0 Å². The van der Waals surface area contributed by atoms with E-state index in [1.165, 1.54) is 17.7 Å². The molecule has 1 atom stereocenters. The van der Waals surface area contributed by atoms with Crippen molar-refractivity contribution in [2.24, 2.45) is 0 Å². The van der Waals surface area contributed by atoms with E-state index in [4.69, 9.17) is 13.9 Å². The van der Waals surface area contributed by atoms with Gasteiger partial charge in [0.25, 0.3) is 0 Å². The molecule has 132 valence electrons. The Morgan fingerprint density at radius 3 is 2.65 bits per heavy atom. The average molecular weight is 350 g/mol. The molecule has 2 heterocycles. The Balaban J connectivity index is 1.68. The van der Waals surface area contributed by atoms with Gasteiger partial charge in [0.15, 0.2) is 5.58 Å². The minimum atomic E-state index is -0.338. The highest BCUT2D eigenvalue weighted by Crippen LogP contribution is 2.35. The monoisotopic (exact) mass is 350 g/mol. The highest BCUT2D eigenvalue weighted by atomic mass is 16.5. The van der Waals surface area contributed by atoms with Gasteiger partial charge in [0, 0.05) is 24.3 Å². The van der Waals surface area contributed by atoms with Gasteiger partial charge in [-0.05, 0) is 35.4 Å². The van der Waals surface area contributed by atoms with Crippen LogP contribution >= 0.6 is 0 Å². The fourth-order valence-corrected chi connectivity index (χ4v) is 3.78. The molecule has 1 aliphatic heterocycles. The number of benzene rings is 2. The van der Waals surface area contributed by atoms with Gasteiger partial charge < -0.3 is 13.9 Å². The lowest BCUT2D eigenvalue weighted by molar-refractivity contribution is -0.943. The summed E-state index contributed by atoms with van der Waals surface area (Å²) in [6, 6.07) is 13.9. The van der Waals surface area contributed by atoms with Crippen molar-refractivity contribution in [1.29, 1.82) is 0 Å². The van der Waals surface area contributed by atoms with Crippen LogP contribution in [0.3, 0.4) is 0 Å². The van der Waals surface area contributed by atoms with Gasteiger partial charge in [-0.25, -0.2) is 4.79 Å². The van der Waals surface area contributed by atoms with Crippen LogP contribution in [-0.4, -0.2) is 19.9 Å². The number of methoxy groups -OCH3 is 1. The van der Waals surface area contributed by atoms with Gasteiger partial charge in [0.05, 0.1) is 18.7 Å². The Morgan fingerprint density at radius 1 is 1.12 bits per heavy atom. The fraction of sp³-hybridized carbons (Fsp3) is 0.286. The molecular weight excluding hydrogens is 330 g/mol. The third-order valence-electron chi connectivity index (χ3n) is 5.35. The molecule has 26 heavy (non-hydrogen) atoms. The molecule has 1 aliphatic carbocycles. The number of rotatable bonds is 3. The molecule has 5 nitrogen and oxygen atoms in total. The fourth-order valence-electron chi connectivity index (χ4n) is 3.78. The number of ether oxygens (including phenoxy) is 2. The molecule has 0 amide bonds. The lowest BCUT2D eigenvalue weighted by Gasteiger charge is -2.26. The predicted molar refractivity (Wildman–Crippen MR) is 97.7 cm³/mol. The van der Waals surface area contributed by atoms with Gasteiger partial charge >= 0.3 is 5.63 Å². The van der Waals surface area contributed by atoms with Crippen LogP contribution in [0.15, 0.2) is 51.7 Å². The summed E-state index contributed by atoms with van der Waals surface area (Å²) in [7, 11) is 1.64. The van der Waals surface area contributed by atoms with Crippen molar-refractivity contribution in [3.63, 3.8) is 0 Å².